The molecule has 0 heterocycles. The van der Waals surface area contributed by atoms with E-state index in [0.717, 1.165) is 19.3 Å². The average molecular weight is 389 g/mol. The molecule has 7 heteroatoms. The fraction of sp³-hybridized carbons (Fsp3) is 0.895. The second-order valence-corrected chi connectivity index (χ2v) is 8.09. The molecular weight excluding hydrogens is 353 g/mol. The summed E-state index contributed by atoms with van der Waals surface area (Å²) in [7, 11) is -2.56. The molecule has 0 aliphatic heterocycles. The van der Waals surface area contributed by atoms with Crippen molar-refractivity contribution in [3.05, 3.63) is 0 Å². The van der Waals surface area contributed by atoms with Crippen LogP contribution in [0.25, 0.3) is 0 Å². The lowest BCUT2D eigenvalue weighted by Gasteiger charge is -2.03. The Morgan fingerprint density at radius 2 is 1.31 bits per heavy atom. The summed E-state index contributed by atoms with van der Waals surface area (Å²) in [5, 5.41) is 17.5. The van der Waals surface area contributed by atoms with Crippen molar-refractivity contribution in [1.82, 2.24) is 0 Å². The minimum Gasteiger partial charge on any atom is -0.605 e. The number of carbonyl (C=O) groups is 2. The lowest BCUT2D eigenvalue weighted by molar-refractivity contribution is -0.162. The molecule has 0 saturated heterocycles. The van der Waals surface area contributed by atoms with Crippen LogP contribution in [-0.2, 0) is 9.59 Å². The van der Waals surface area contributed by atoms with Crippen LogP contribution in [0.2, 0.25) is 0 Å². The van der Waals surface area contributed by atoms with Gasteiger partial charge in [-0.2, -0.15) is 0 Å². The van der Waals surface area contributed by atoms with Gasteiger partial charge in [-0.15, -0.1) is 0 Å². The van der Waals surface area contributed by atoms with E-state index in [2.05, 4.69) is 11.7 Å². The fourth-order valence-electron chi connectivity index (χ4n) is 2.74. The van der Waals surface area contributed by atoms with Gasteiger partial charge in [0.1, 0.15) is 0 Å². The summed E-state index contributed by atoms with van der Waals surface area (Å²) in [6, 6.07) is -1.48. The number of carboxylic acids is 1. The van der Waals surface area contributed by atoms with E-state index in [-0.39, 0.29) is 6.42 Å². The number of unbranched alkanes of at least 4 members (excludes halogenated alkanes) is 12. The average Bonchev–Trinajstić information content (AvgIpc) is 2.62. The van der Waals surface area contributed by atoms with E-state index < -0.39 is 32.1 Å². The summed E-state index contributed by atoms with van der Waals surface area (Å²) in [4.78, 5) is 34.0. The van der Waals surface area contributed by atoms with E-state index in [0.29, 0.717) is 6.42 Å². The summed E-state index contributed by atoms with van der Waals surface area (Å²) in [5.74, 6) is -1.37. The third-order valence-electron chi connectivity index (χ3n) is 4.41. The summed E-state index contributed by atoms with van der Waals surface area (Å²) < 4.78 is 3.38. The maximum absolute atomic E-state index is 11.7. The first kappa shape index (κ1) is 25.2. The summed E-state index contributed by atoms with van der Waals surface area (Å²) >= 11 is 0. The van der Waals surface area contributed by atoms with Crippen molar-refractivity contribution in [3.8, 4) is 0 Å². The second kappa shape index (κ2) is 17.6. The Kier molecular flexibility index (Phi) is 17.0. The molecule has 152 valence electrons. The zero-order chi connectivity index (χ0) is 19.6. The maximum Gasteiger partial charge on any atom is 0.341 e. The first-order valence-electron chi connectivity index (χ1n) is 10.1. The second-order valence-electron chi connectivity index (χ2n) is 6.81. The Morgan fingerprint density at radius 3 is 1.69 bits per heavy atom. The van der Waals surface area contributed by atoms with Crippen LogP contribution in [0, 0.1) is 0 Å². The van der Waals surface area contributed by atoms with E-state index in [4.69, 9.17) is 10.2 Å². The van der Waals surface area contributed by atoms with Gasteiger partial charge in [0.25, 0.3) is 0 Å². The molecule has 0 aliphatic rings. The number of aliphatic hydroxyl groups is 1. The number of carbonyl (C=O) groups excluding carboxylic acids is 1. The van der Waals surface area contributed by atoms with E-state index in [1.165, 1.54) is 57.8 Å². The molecule has 1 unspecified atom stereocenters. The summed E-state index contributed by atoms with van der Waals surface area (Å²) in [5.41, 5.74) is -0.525. The molecule has 0 fully saturated rings. The van der Waals surface area contributed by atoms with E-state index in [1.54, 1.807) is 0 Å². The Balaban J connectivity index is 3.56. The van der Waals surface area contributed by atoms with Crippen LogP contribution in [0.4, 0.5) is 0 Å². The molecule has 0 aliphatic carbocycles. The van der Waals surface area contributed by atoms with Crippen LogP contribution in [0.5, 0.6) is 0 Å². The van der Waals surface area contributed by atoms with Gasteiger partial charge in [-0.3, -0.25) is 0 Å². The highest BCUT2D eigenvalue weighted by molar-refractivity contribution is 7.59. The Morgan fingerprint density at radius 1 is 0.885 bits per heavy atom. The van der Waals surface area contributed by atoms with Crippen LogP contribution >= 0.6 is 7.94 Å². The molecule has 0 amide bonds. The van der Waals surface area contributed by atoms with Gasteiger partial charge in [0.2, 0.25) is 14.0 Å². The standard InChI is InChI=1S/C19H36NO5P/c1-2-3-4-5-6-7-8-9-10-11-12-13-14-15-18(22)26(25)20-17(16-21)19(23)24/h17,21H,2-16H2,1H3,(H,23,24)/t17-/m0/s1. The highest BCUT2D eigenvalue weighted by atomic mass is 31.1. The molecule has 0 bridgehead atoms. The highest BCUT2D eigenvalue weighted by Crippen LogP contribution is 2.22. The van der Waals surface area contributed by atoms with Crippen molar-refractivity contribution in [1.29, 1.82) is 0 Å². The molecule has 2 N–H and O–H groups in total. The first-order chi connectivity index (χ1) is 12.5. The molecule has 6 nitrogen and oxygen atoms in total. The van der Waals surface area contributed by atoms with Crippen LogP contribution in [0.15, 0.2) is 4.74 Å². The van der Waals surface area contributed by atoms with Crippen molar-refractivity contribution in [3.63, 3.8) is 0 Å². The van der Waals surface area contributed by atoms with Gasteiger partial charge in [0.15, 0.2) is 0 Å². The van der Waals surface area contributed by atoms with Crippen LogP contribution in [0.3, 0.4) is 0 Å². The lowest BCUT2D eigenvalue weighted by Crippen LogP contribution is -2.22. The quantitative estimate of drug-likeness (QED) is 0.267. The highest BCUT2D eigenvalue weighted by Gasteiger charge is 2.22. The molecule has 0 aromatic heterocycles. The Hall–Kier alpha value is -0.840. The predicted octanol–water partition coefficient (Wildman–Crippen LogP) is 4.38. The number of nitrogens with zero attached hydrogens (tertiary/aromatic N) is 1. The number of aliphatic carboxylic acids is 1. The minimum atomic E-state index is -2.56. The molecule has 0 radical (unpaired) electrons. The summed E-state index contributed by atoms with van der Waals surface area (Å²) in [6.45, 7) is 1.49. The van der Waals surface area contributed by atoms with E-state index in [9.17, 15) is 14.5 Å². The zero-order valence-electron chi connectivity index (χ0n) is 16.2. The smallest absolute Gasteiger partial charge is 0.341 e. The van der Waals surface area contributed by atoms with Gasteiger partial charge >= 0.3 is 11.5 Å². The van der Waals surface area contributed by atoms with E-state index in [1.807, 2.05) is 0 Å². The van der Waals surface area contributed by atoms with Crippen molar-refractivity contribution in [2.45, 2.75) is 103 Å². The van der Waals surface area contributed by atoms with Gasteiger partial charge in [-0.05, 0) is 6.42 Å². The number of aliphatic hydroxyl groups excluding tert-OH is 1. The predicted molar refractivity (Wildman–Crippen MR) is 103 cm³/mol. The van der Waals surface area contributed by atoms with Crippen LogP contribution in [-0.4, -0.2) is 34.4 Å². The van der Waals surface area contributed by atoms with Crippen molar-refractivity contribution in [2.75, 3.05) is 6.61 Å². The van der Waals surface area contributed by atoms with Crippen LogP contribution in [0.1, 0.15) is 96.8 Å². The number of rotatable bonds is 18. The van der Waals surface area contributed by atoms with Crippen molar-refractivity contribution < 1.29 is 24.7 Å². The molecule has 0 aromatic rings. The molecule has 0 aromatic carbocycles. The van der Waals surface area contributed by atoms with Crippen molar-refractivity contribution in [2.24, 2.45) is 4.74 Å². The maximum atomic E-state index is 11.7. The Bertz CT molecular complexity index is 415. The number of hydrogen-bond donors (Lipinski definition) is 2. The molecule has 2 atom stereocenters. The SMILES string of the molecule is CCCCCCCCCCCCCCCC(=O)[P+]([O-])=N[C@@H](CO)C(=O)O. The molecule has 26 heavy (non-hydrogen) atoms. The van der Waals surface area contributed by atoms with Crippen molar-refractivity contribution >= 4 is 19.4 Å². The molecule has 0 rings (SSSR count). The number of hydrogen-bond acceptors (Lipinski definition) is 5. The molecular formula is C19H36NO5P. The minimum absolute atomic E-state index is 0.161. The first-order valence-corrected chi connectivity index (χ1v) is 11.3. The van der Waals surface area contributed by atoms with Gasteiger partial charge in [0, 0.05) is 0 Å². The monoisotopic (exact) mass is 389 g/mol. The Labute approximate surface area is 159 Å². The van der Waals surface area contributed by atoms with Gasteiger partial charge in [-0.1, -0.05) is 88.7 Å². The van der Waals surface area contributed by atoms with E-state index >= 15 is 0 Å². The van der Waals surface area contributed by atoms with Crippen LogP contribution < -0.4 is 4.89 Å². The largest absolute Gasteiger partial charge is 0.605 e. The third kappa shape index (κ3) is 14.3. The summed E-state index contributed by atoms with van der Waals surface area (Å²) in [6.07, 6.45) is 15.8. The normalized spacial score (nSPS) is 13.0. The fourth-order valence-corrected chi connectivity index (χ4v) is 3.65. The lowest BCUT2D eigenvalue weighted by atomic mass is 10.0. The third-order valence-corrected chi connectivity index (χ3v) is 5.55. The molecule has 0 spiro atoms. The van der Waals surface area contributed by atoms with Gasteiger partial charge in [0.05, 0.1) is 13.0 Å². The zero-order valence-corrected chi connectivity index (χ0v) is 17.1. The number of carboxylic acid groups (broad SMARTS) is 1. The molecule has 0 saturated carbocycles. The van der Waals surface area contributed by atoms with Gasteiger partial charge < -0.3 is 15.1 Å². The van der Waals surface area contributed by atoms with Gasteiger partial charge in [-0.25, -0.2) is 9.59 Å². The topological polar surface area (TPSA) is 110 Å².